The molecule has 4 rings (SSSR count). The monoisotopic (exact) mass is 379 g/mol. The lowest BCUT2D eigenvalue weighted by molar-refractivity contribution is 0.185. The van der Waals surface area contributed by atoms with Gasteiger partial charge in [-0.05, 0) is 84.6 Å². The van der Waals surface area contributed by atoms with E-state index in [0.29, 0.717) is 18.4 Å². The van der Waals surface area contributed by atoms with Crippen molar-refractivity contribution in [1.82, 2.24) is 0 Å². The lowest BCUT2D eigenvalue weighted by Gasteiger charge is -2.26. The molecule has 0 aliphatic heterocycles. The molecule has 150 valence electrons. The summed E-state index contributed by atoms with van der Waals surface area (Å²) in [6, 6.07) is 15.9. The topological polar surface area (TPSA) is 55.5 Å². The number of benzene rings is 2. The van der Waals surface area contributed by atoms with E-state index in [1.54, 1.807) is 7.11 Å². The predicted molar refractivity (Wildman–Crippen MR) is 113 cm³/mol. The average molecular weight is 380 g/mol. The maximum Gasteiger partial charge on any atom is 0.0713 e. The Morgan fingerprint density at radius 2 is 1.96 bits per heavy atom. The summed E-state index contributed by atoms with van der Waals surface area (Å²) in [5.74, 6) is 1.22. The highest BCUT2D eigenvalue weighted by molar-refractivity contribution is 5.37. The van der Waals surface area contributed by atoms with Crippen LogP contribution in [0, 0.1) is 5.92 Å². The van der Waals surface area contributed by atoms with E-state index in [1.165, 1.54) is 47.1 Å². The highest BCUT2D eigenvalue weighted by Gasteiger charge is 2.36. The van der Waals surface area contributed by atoms with Gasteiger partial charge in [0.1, 0.15) is 0 Å². The molecule has 1 unspecified atom stereocenters. The highest BCUT2D eigenvalue weighted by atomic mass is 16.5. The molecule has 0 aromatic heterocycles. The van der Waals surface area contributed by atoms with Crippen molar-refractivity contribution < 1.29 is 9.84 Å². The number of ether oxygens (including phenoxy) is 1. The number of aliphatic hydroxyl groups excluding tert-OH is 1. The van der Waals surface area contributed by atoms with Crippen LogP contribution in [0.25, 0.3) is 0 Å². The van der Waals surface area contributed by atoms with Crippen molar-refractivity contribution in [3.8, 4) is 0 Å². The van der Waals surface area contributed by atoms with Gasteiger partial charge in [0.25, 0.3) is 0 Å². The van der Waals surface area contributed by atoms with Crippen molar-refractivity contribution in [3.63, 3.8) is 0 Å². The second kappa shape index (κ2) is 8.36. The molecule has 0 spiro atoms. The van der Waals surface area contributed by atoms with E-state index < -0.39 is 0 Å². The Bertz CT molecular complexity index is 818. The molecular weight excluding hydrogens is 346 g/mol. The van der Waals surface area contributed by atoms with Crippen LogP contribution in [0.1, 0.15) is 59.4 Å². The van der Waals surface area contributed by atoms with Crippen LogP contribution in [0.5, 0.6) is 0 Å². The van der Waals surface area contributed by atoms with Gasteiger partial charge < -0.3 is 15.6 Å². The normalized spacial score (nSPS) is 27.0. The van der Waals surface area contributed by atoms with Crippen molar-refractivity contribution in [1.29, 1.82) is 0 Å². The minimum Gasteiger partial charge on any atom is -0.394 e. The first kappa shape index (κ1) is 19.6. The Morgan fingerprint density at radius 1 is 1.11 bits per heavy atom. The molecule has 3 atom stereocenters. The lowest BCUT2D eigenvalue weighted by atomic mass is 9.79. The zero-order valence-corrected chi connectivity index (χ0v) is 17.0. The largest absolute Gasteiger partial charge is 0.394 e. The minimum atomic E-state index is -0.372. The summed E-state index contributed by atoms with van der Waals surface area (Å²) in [4.78, 5) is 0. The quantitative estimate of drug-likeness (QED) is 0.793. The molecule has 2 aliphatic carbocycles. The summed E-state index contributed by atoms with van der Waals surface area (Å²) in [5, 5.41) is 9.55. The third-order valence-electron chi connectivity index (χ3n) is 6.82. The molecule has 0 heterocycles. The Morgan fingerprint density at radius 3 is 2.75 bits per heavy atom. The molecular formula is C25H33NO2. The fourth-order valence-electron chi connectivity index (χ4n) is 5.21. The number of aryl methyl sites for hydroxylation is 1. The van der Waals surface area contributed by atoms with Gasteiger partial charge in [0.05, 0.1) is 13.2 Å². The average Bonchev–Trinajstić information content (AvgIpc) is 3.11. The van der Waals surface area contributed by atoms with Gasteiger partial charge in [-0.1, -0.05) is 42.5 Å². The standard InChI is InChI=1S/C25H33NO2/c1-28-16-20-4-2-3-18(12-20)11-19-5-6-22-14-23(8-7-21(22)13-19)24-9-10-25(26,15-24)17-27/h2-4,7-8,12,14,19,24,27H,5-6,9-11,13,15-17,26H2,1H3/t19?,24-,25+/m0/s1. The molecule has 0 radical (unpaired) electrons. The van der Waals surface area contributed by atoms with Crippen molar-refractivity contribution >= 4 is 0 Å². The highest BCUT2D eigenvalue weighted by Crippen LogP contribution is 2.40. The Labute approximate surface area is 168 Å². The third kappa shape index (κ3) is 4.32. The molecule has 0 saturated heterocycles. The van der Waals surface area contributed by atoms with Crippen LogP contribution in [-0.2, 0) is 30.6 Å². The van der Waals surface area contributed by atoms with Gasteiger partial charge in [-0.3, -0.25) is 0 Å². The summed E-state index contributed by atoms with van der Waals surface area (Å²) < 4.78 is 5.27. The predicted octanol–water partition coefficient (Wildman–Crippen LogP) is 4.14. The smallest absolute Gasteiger partial charge is 0.0713 e. The number of rotatable bonds is 6. The van der Waals surface area contributed by atoms with E-state index in [-0.39, 0.29) is 12.1 Å². The van der Waals surface area contributed by atoms with Crippen LogP contribution in [0.3, 0.4) is 0 Å². The van der Waals surface area contributed by atoms with Crippen molar-refractivity contribution in [2.45, 2.75) is 63.0 Å². The van der Waals surface area contributed by atoms with Crippen LogP contribution in [0.15, 0.2) is 42.5 Å². The van der Waals surface area contributed by atoms with Gasteiger partial charge in [-0.15, -0.1) is 0 Å². The van der Waals surface area contributed by atoms with Crippen LogP contribution >= 0.6 is 0 Å². The van der Waals surface area contributed by atoms with Crippen LogP contribution < -0.4 is 5.73 Å². The summed E-state index contributed by atoms with van der Waals surface area (Å²) in [6.07, 6.45) is 7.67. The maximum absolute atomic E-state index is 9.55. The van der Waals surface area contributed by atoms with Crippen LogP contribution in [0.4, 0.5) is 0 Å². The Balaban J connectivity index is 1.42. The van der Waals surface area contributed by atoms with E-state index >= 15 is 0 Å². The third-order valence-corrected chi connectivity index (χ3v) is 6.82. The molecule has 2 aromatic carbocycles. The van der Waals surface area contributed by atoms with Gasteiger partial charge in [-0.2, -0.15) is 0 Å². The zero-order valence-electron chi connectivity index (χ0n) is 17.0. The number of hydrogen-bond acceptors (Lipinski definition) is 3. The number of nitrogens with two attached hydrogens (primary N) is 1. The fraction of sp³-hybridized carbons (Fsp3) is 0.520. The van der Waals surface area contributed by atoms with Gasteiger partial charge in [0.2, 0.25) is 0 Å². The molecule has 3 nitrogen and oxygen atoms in total. The van der Waals surface area contributed by atoms with E-state index in [9.17, 15) is 5.11 Å². The maximum atomic E-state index is 9.55. The molecule has 3 N–H and O–H groups in total. The molecule has 2 aliphatic rings. The van der Waals surface area contributed by atoms with Crippen LogP contribution in [-0.4, -0.2) is 24.4 Å². The lowest BCUT2D eigenvalue weighted by Crippen LogP contribution is -2.40. The Kier molecular flexibility index (Phi) is 5.86. The van der Waals surface area contributed by atoms with Gasteiger partial charge in [0.15, 0.2) is 0 Å². The van der Waals surface area contributed by atoms with E-state index in [2.05, 4.69) is 42.5 Å². The molecule has 28 heavy (non-hydrogen) atoms. The number of hydrogen-bond donors (Lipinski definition) is 2. The number of fused-ring (bicyclic) bond motifs is 1. The molecule has 0 bridgehead atoms. The summed E-state index contributed by atoms with van der Waals surface area (Å²) in [5.41, 5.74) is 13.1. The molecule has 3 heteroatoms. The summed E-state index contributed by atoms with van der Waals surface area (Å²) in [7, 11) is 1.75. The molecule has 2 aromatic rings. The first-order chi connectivity index (χ1) is 13.6. The van der Waals surface area contributed by atoms with E-state index in [1.807, 2.05) is 0 Å². The molecule has 1 saturated carbocycles. The fourth-order valence-corrected chi connectivity index (χ4v) is 5.21. The van der Waals surface area contributed by atoms with E-state index in [4.69, 9.17) is 10.5 Å². The van der Waals surface area contributed by atoms with Gasteiger partial charge in [0, 0.05) is 12.6 Å². The number of methoxy groups -OCH3 is 1. The molecule has 1 fully saturated rings. The van der Waals surface area contributed by atoms with Crippen LogP contribution in [0.2, 0.25) is 0 Å². The molecule has 0 amide bonds. The minimum absolute atomic E-state index is 0.0989. The summed E-state index contributed by atoms with van der Waals surface area (Å²) in [6.45, 7) is 0.785. The first-order valence-corrected chi connectivity index (χ1v) is 10.7. The summed E-state index contributed by atoms with van der Waals surface area (Å²) >= 11 is 0. The second-order valence-electron chi connectivity index (χ2n) is 9.05. The van der Waals surface area contributed by atoms with Gasteiger partial charge >= 0.3 is 0 Å². The second-order valence-corrected chi connectivity index (χ2v) is 9.05. The zero-order chi connectivity index (χ0) is 19.6. The van der Waals surface area contributed by atoms with Gasteiger partial charge in [-0.25, -0.2) is 0 Å². The SMILES string of the molecule is COCc1cccc(CC2CCc3cc([C@H]4CC[C@](N)(CO)C4)ccc3C2)c1. The van der Waals surface area contributed by atoms with Crippen molar-refractivity contribution in [3.05, 3.63) is 70.3 Å². The van der Waals surface area contributed by atoms with Crippen molar-refractivity contribution in [2.75, 3.05) is 13.7 Å². The first-order valence-electron chi connectivity index (χ1n) is 10.7. The Hall–Kier alpha value is -1.68. The number of aliphatic hydroxyl groups is 1. The van der Waals surface area contributed by atoms with Crippen molar-refractivity contribution in [2.24, 2.45) is 11.7 Å². The van der Waals surface area contributed by atoms with E-state index in [0.717, 1.165) is 25.7 Å².